The molecular formula is C28H34N2O4S. The second kappa shape index (κ2) is 11.9. The lowest BCUT2D eigenvalue weighted by Crippen LogP contribution is -2.41. The Balaban J connectivity index is 1.68. The van der Waals surface area contributed by atoms with Gasteiger partial charge in [0.15, 0.2) is 0 Å². The number of hydrogen-bond acceptors (Lipinski definition) is 4. The smallest absolute Gasteiger partial charge is 0.264 e. The molecule has 1 amide bonds. The van der Waals surface area contributed by atoms with Crippen molar-refractivity contribution in [1.29, 1.82) is 0 Å². The van der Waals surface area contributed by atoms with E-state index in [4.69, 9.17) is 4.74 Å². The highest BCUT2D eigenvalue weighted by atomic mass is 32.2. The van der Waals surface area contributed by atoms with Crippen LogP contribution in [-0.2, 0) is 21.2 Å². The van der Waals surface area contributed by atoms with Crippen LogP contribution in [0.2, 0.25) is 0 Å². The normalized spacial score (nSPS) is 11.3. The summed E-state index contributed by atoms with van der Waals surface area (Å²) in [6.45, 7) is 7.87. The van der Waals surface area contributed by atoms with Gasteiger partial charge < -0.3 is 10.1 Å². The minimum atomic E-state index is -3.92. The summed E-state index contributed by atoms with van der Waals surface area (Å²) in [6.07, 6.45) is 1.61. The van der Waals surface area contributed by atoms with E-state index in [9.17, 15) is 13.2 Å². The standard InChI is InChI=1S/C28H34N2O4S/c1-21(2)34-25-12-8-10-24(19-25)11-9-17-29-28(31)20-30(27-18-22(3)15-16-23(27)4)35(32,33)26-13-6-5-7-14-26/h5-8,10,12-16,18-19,21H,9,11,17,20H2,1-4H3,(H,29,31). The molecule has 0 saturated carbocycles. The molecule has 1 N–H and O–H groups in total. The Morgan fingerprint density at radius 3 is 2.43 bits per heavy atom. The van der Waals surface area contributed by atoms with Crippen LogP contribution in [0.3, 0.4) is 0 Å². The molecule has 3 rings (SSSR count). The maximum Gasteiger partial charge on any atom is 0.264 e. The minimum Gasteiger partial charge on any atom is -0.491 e. The molecule has 186 valence electrons. The van der Waals surface area contributed by atoms with Crippen molar-refractivity contribution >= 4 is 21.6 Å². The second-order valence-corrected chi connectivity index (χ2v) is 10.7. The van der Waals surface area contributed by atoms with E-state index in [1.807, 2.05) is 64.1 Å². The van der Waals surface area contributed by atoms with Crippen LogP contribution in [-0.4, -0.2) is 33.5 Å². The lowest BCUT2D eigenvalue weighted by Gasteiger charge is -2.26. The van der Waals surface area contributed by atoms with Crippen LogP contribution in [0.5, 0.6) is 5.75 Å². The van der Waals surface area contributed by atoms with Gasteiger partial charge in [-0.1, -0.05) is 42.5 Å². The first kappa shape index (κ1) is 26.3. The van der Waals surface area contributed by atoms with E-state index < -0.39 is 10.0 Å². The number of rotatable bonds is 11. The number of sulfonamides is 1. The van der Waals surface area contributed by atoms with Gasteiger partial charge in [0.05, 0.1) is 16.7 Å². The van der Waals surface area contributed by atoms with Crippen molar-refractivity contribution in [2.24, 2.45) is 0 Å². The van der Waals surface area contributed by atoms with Crippen molar-refractivity contribution in [3.63, 3.8) is 0 Å². The second-order valence-electron chi connectivity index (χ2n) is 8.88. The number of nitrogens with one attached hydrogen (secondary N) is 1. The van der Waals surface area contributed by atoms with Gasteiger partial charge in [-0.25, -0.2) is 8.42 Å². The van der Waals surface area contributed by atoms with Crippen molar-refractivity contribution in [1.82, 2.24) is 5.32 Å². The molecule has 0 aromatic heterocycles. The van der Waals surface area contributed by atoms with Gasteiger partial charge >= 0.3 is 0 Å². The molecule has 3 aromatic rings. The summed E-state index contributed by atoms with van der Waals surface area (Å²) in [4.78, 5) is 13.0. The first-order valence-electron chi connectivity index (χ1n) is 11.8. The van der Waals surface area contributed by atoms with Crippen LogP contribution in [0.15, 0.2) is 77.7 Å². The highest BCUT2D eigenvalue weighted by molar-refractivity contribution is 7.92. The third-order valence-electron chi connectivity index (χ3n) is 5.49. The first-order valence-corrected chi connectivity index (χ1v) is 13.3. The molecule has 6 nitrogen and oxygen atoms in total. The van der Waals surface area contributed by atoms with E-state index in [-0.39, 0.29) is 23.5 Å². The third-order valence-corrected chi connectivity index (χ3v) is 7.26. The summed E-state index contributed by atoms with van der Waals surface area (Å²) in [5.41, 5.74) is 3.33. The molecule has 7 heteroatoms. The number of hydrogen-bond donors (Lipinski definition) is 1. The van der Waals surface area contributed by atoms with Crippen molar-refractivity contribution in [2.45, 2.75) is 51.5 Å². The lowest BCUT2D eigenvalue weighted by atomic mass is 10.1. The SMILES string of the molecule is Cc1ccc(C)c(N(CC(=O)NCCCc2cccc(OC(C)C)c2)S(=O)(=O)c2ccccc2)c1. The van der Waals surface area contributed by atoms with Crippen molar-refractivity contribution in [3.8, 4) is 5.75 Å². The van der Waals surface area contributed by atoms with E-state index in [0.717, 1.165) is 35.3 Å². The quantitative estimate of drug-likeness (QED) is 0.379. The topological polar surface area (TPSA) is 75.7 Å². The van der Waals surface area contributed by atoms with Crippen LogP contribution < -0.4 is 14.4 Å². The molecule has 0 spiro atoms. The van der Waals surface area contributed by atoms with Crippen LogP contribution in [0.1, 0.15) is 37.0 Å². The number of benzene rings is 3. The Hall–Kier alpha value is -3.32. The fourth-order valence-electron chi connectivity index (χ4n) is 3.76. The lowest BCUT2D eigenvalue weighted by molar-refractivity contribution is -0.119. The highest BCUT2D eigenvalue weighted by Crippen LogP contribution is 2.27. The predicted octanol–water partition coefficient (Wildman–Crippen LogP) is 5.03. The number of amides is 1. The monoisotopic (exact) mass is 494 g/mol. The number of carbonyl (C=O) groups excluding carboxylic acids is 1. The summed E-state index contributed by atoms with van der Waals surface area (Å²) < 4.78 is 33.9. The molecule has 0 fully saturated rings. The Bertz CT molecular complexity index is 1240. The maximum atomic E-state index is 13.5. The van der Waals surface area contributed by atoms with Crippen molar-refractivity contribution in [2.75, 3.05) is 17.4 Å². The van der Waals surface area contributed by atoms with Gasteiger partial charge in [0.1, 0.15) is 12.3 Å². The largest absolute Gasteiger partial charge is 0.491 e. The third kappa shape index (κ3) is 7.33. The van der Waals surface area contributed by atoms with Gasteiger partial charge in [-0.3, -0.25) is 9.10 Å². The first-order chi connectivity index (χ1) is 16.7. The van der Waals surface area contributed by atoms with E-state index in [1.165, 1.54) is 4.31 Å². The number of carbonyl (C=O) groups is 1. The fraction of sp³-hybridized carbons (Fsp3) is 0.321. The Labute approximate surface area is 209 Å². The molecule has 0 bridgehead atoms. The Kier molecular flexibility index (Phi) is 8.93. The van der Waals surface area contributed by atoms with E-state index in [0.29, 0.717) is 12.2 Å². The van der Waals surface area contributed by atoms with E-state index >= 15 is 0 Å². The molecule has 0 unspecified atom stereocenters. The molecule has 0 aliphatic rings. The highest BCUT2D eigenvalue weighted by Gasteiger charge is 2.28. The van der Waals surface area contributed by atoms with Gasteiger partial charge in [-0.2, -0.15) is 0 Å². The minimum absolute atomic E-state index is 0.108. The van der Waals surface area contributed by atoms with Crippen LogP contribution in [0.4, 0.5) is 5.69 Å². The average Bonchev–Trinajstić information content (AvgIpc) is 2.82. The summed E-state index contributed by atoms with van der Waals surface area (Å²) in [7, 11) is -3.92. The van der Waals surface area contributed by atoms with Crippen molar-refractivity contribution < 1.29 is 17.9 Å². The zero-order valence-electron chi connectivity index (χ0n) is 20.8. The molecule has 0 atom stereocenters. The van der Waals surface area contributed by atoms with Gasteiger partial charge in [0, 0.05) is 6.54 Å². The summed E-state index contributed by atoms with van der Waals surface area (Å²) in [5, 5.41) is 2.88. The molecule has 0 aliphatic carbocycles. The number of nitrogens with zero attached hydrogens (tertiary/aromatic N) is 1. The summed E-state index contributed by atoms with van der Waals surface area (Å²) in [6, 6.07) is 21.7. The molecule has 0 aliphatic heterocycles. The molecule has 35 heavy (non-hydrogen) atoms. The molecule has 0 heterocycles. The van der Waals surface area contributed by atoms with Gasteiger partial charge in [0.25, 0.3) is 10.0 Å². The molecule has 0 saturated heterocycles. The summed E-state index contributed by atoms with van der Waals surface area (Å²) in [5.74, 6) is 0.485. The van der Waals surface area contributed by atoms with Gasteiger partial charge in [0.2, 0.25) is 5.91 Å². The van der Waals surface area contributed by atoms with Crippen LogP contribution in [0, 0.1) is 13.8 Å². The van der Waals surface area contributed by atoms with Crippen molar-refractivity contribution in [3.05, 3.63) is 89.5 Å². The van der Waals surface area contributed by atoms with Gasteiger partial charge in [-0.15, -0.1) is 0 Å². The number of anilines is 1. The number of aryl methyl sites for hydroxylation is 3. The van der Waals surface area contributed by atoms with Crippen LogP contribution in [0.25, 0.3) is 0 Å². The molecular weight excluding hydrogens is 460 g/mol. The zero-order valence-corrected chi connectivity index (χ0v) is 21.6. The maximum absolute atomic E-state index is 13.5. The van der Waals surface area contributed by atoms with Gasteiger partial charge in [-0.05, 0) is 87.6 Å². The number of ether oxygens (including phenoxy) is 1. The molecule has 0 radical (unpaired) electrons. The van der Waals surface area contributed by atoms with Crippen LogP contribution >= 0.6 is 0 Å². The average molecular weight is 495 g/mol. The Morgan fingerprint density at radius 2 is 1.71 bits per heavy atom. The van der Waals surface area contributed by atoms with E-state index in [1.54, 1.807) is 36.4 Å². The van der Waals surface area contributed by atoms with E-state index in [2.05, 4.69) is 5.32 Å². The zero-order chi connectivity index (χ0) is 25.4. The predicted molar refractivity (Wildman–Crippen MR) is 140 cm³/mol. The fourth-order valence-corrected chi connectivity index (χ4v) is 5.26. The Morgan fingerprint density at radius 1 is 0.971 bits per heavy atom. The summed E-state index contributed by atoms with van der Waals surface area (Å²) >= 11 is 0. The molecule has 3 aromatic carbocycles.